The van der Waals surface area contributed by atoms with Gasteiger partial charge in [0.2, 0.25) is 0 Å². The summed E-state index contributed by atoms with van der Waals surface area (Å²) in [6, 6.07) is 5.81. The Morgan fingerprint density at radius 3 is 2.70 bits per heavy atom. The minimum absolute atomic E-state index is 0.0158. The molecule has 0 N–H and O–H groups in total. The number of hydrogen-bond acceptors (Lipinski definition) is 5. The lowest BCUT2D eigenvalue weighted by Gasteiger charge is -2.17. The summed E-state index contributed by atoms with van der Waals surface area (Å²) in [6.07, 6.45) is 1.83. The molecule has 23 heavy (non-hydrogen) atoms. The van der Waals surface area contributed by atoms with Gasteiger partial charge >= 0.3 is 0 Å². The molecule has 118 valence electrons. The third-order valence-corrected chi connectivity index (χ3v) is 5.12. The molecule has 0 saturated heterocycles. The van der Waals surface area contributed by atoms with Crippen molar-refractivity contribution in [3.05, 3.63) is 56.3 Å². The Bertz CT molecular complexity index is 824. The Kier molecular flexibility index (Phi) is 4.54. The first-order chi connectivity index (χ1) is 11.0. The van der Waals surface area contributed by atoms with Crippen LogP contribution in [0.15, 0.2) is 35.2 Å². The summed E-state index contributed by atoms with van der Waals surface area (Å²) in [7, 11) is 1.81. The predicted molar refractivity (Wildman–Crippen MR) is 94.9 cm³/mol. The van der Waals surface area contributed by atoms with Crippen molar-refractivity contribution in [2.45, 2.75) is 20.4 Å². The molecule has 6 heteroatoms. The molecular weight excluding hydrogens is 326 g/mol. The fourth-order valence-corrected chi connectivity index (χ4v) is 3.85. The van der Waals surface area contributed by atoms with Crippen LogP contribution in [0, 0.1) is 13.8 Å². The highest BCUT2D eigenvalue weighted by molar-refractivity contribution is 7.11. The van der Waals surface area contributed by atoms with Crippen LogP contribution >= 0.6 is 22.7 Å². The molecule has 0 saturated carbocycles. The second-order valence-electron chi connectivity index (χ2n) is 5.35. The van der Waals surface area contributed by atoms with Crippen LogP contribution in [0.3, 0.4) is 0 Å². The highest BCUT2D eigenvalue weighted by atomic mass is 32.1. The molecule has 0 spiro atoms. The van der Waals surface area contributed by atoms with Gasteiger partial charge in [-0.1, -0.05) is 0 Å². The summed E-state index contributed by atoms with van der Waals surface area (Å²) in [5, 5.41) is 5.09. The normalized spacial score (nSPS) is 10.7. The predicted octanol–water partition coefficient (Wildman–Crippen LogP) is 4.16. The van der Waals surface area contributed by atoms with Gasteiger partial charge < -0.3 is 4.90 Å². The van der Waals surface area contributed by atoms with Crippen molar-refractivity contribution in [2.24, 2.45) is 0 Å². The number of thiophene rings is 1. The number of carbonyl (C=O) groups excluding carboxylic acids is 1. The van der Waals surface area contributed by atoms with Gasteiger partial charge in [-0.25, -0.2) is 4.98 Å². The third-order valence-electron chi connectivity index (χ3n) is 3.54. The highest BCUT2D eigenvalue weighted by Crippen LogP contribution is 2.22. The molecule has 4 nitrogen and oxygen atoms in total. The molecular formula is C17H17N3OS2. The zero-order valence-corrected chi connectivity index (χ0v) is 14.9. The maximum Gasteiger partial charge on any atom is 0.255 e. The van der Waals surface area contributed by atoms with E-state index in [0.29, 0.717) is 12.1 Å². The molecule has 3 aromatic heterocycles. The van der Waals surface area contributed by atoms with Crippen LogP contribution in [0.4, 0.5) is 0 Å². The molecule has 3 heterocycles. The van der Waals surface area contributed by atoms with E-state index in [1.807, 2.05) is 50.7 Å². The first kappa shape index (κ1) is 15.8. The van der Waals surface area contributed by atoms with Crippen molar-refractivity contribution < 1.29 is 4.79 Å². The van der Waals surface area contributed by atoms with Crippen LogP contribution in [0.1, 0.15) is 25.9 Å². The van der Waals surface area contributed by atoms with E-state index in [4.69, 9.17) is 0 Å². The Morgan fingerprint density at radius 1 is 1.26 bits per heavy atom. The Balaban J connectivity index is 1.79. The largest absolute Gasteiger partial charge is 0.336 e. The van der Waals surface area contributed by atoms with Crippen molar-refractivity contribution in [1.29, 1.82) is 0 Å². The molecule has 1 amide bonds. The van der Waals surface area contributed by atoms with Crippen LogP contribution in [0.25, 0.3) is 11.3 Å². The van der Waals surface area contributed by atoms with E-state index in [9.17, 15) is 4.79 Å². The van der Waals surface area contributed by atoms with Crippen LogP contribution in [0.5, 0.6) is 0 Å². The van der Waals surface area contributed by atoms with Gasteiger partial charge in [-0.15, -0.1) is 11.3 Å². The fourth-order valence-electron chi connectivity index (χ4n) is 2.35. The van der Waals surface area contributed by atoms with E-state index in [0.717, 1.165) is 26.8 Å². The van der Waals surface area contributed by atoms with Gasteiger partial charge in [0.25, 0.3) is 5.91 Å². The minimum atomic E-state index is -0.0158. The lowest BCUT2D eigenvalue weighted by Crippen LogP contribution is -2.26. The van der Waals surface area contributed by atoms with E-state index in [1.165, 1.54) is 0 Å². The number of nitrogens with zero attached hydrogens (tertiary/aromatic N) is 3. The topological polar surface area (TPSA) is 46.1 Å². The standard InChI is InChI=1S/C17H17N3OS2/c1-11-15(4-5-16(19-11)13-6-7-22-10-13)17(21)20(3)9-14-8-18-12(2)23-14/h4-8,10H,9H2,1-3H3. The summed E-state index contributed by atoms with van der Waals surface area (Å²) < 4.78 is 0. The van der Waals surface area contributed by atoms with Gasteiger partial charge in [-0.05, 0) is 37.4 Å². The molecule has 0 bridgehead atoms. The fraction of sp³-hybridized carbons (Fsp3) is 0.235. The van der Waals surface area contributed by atoms with Crippen molar-refractivity contribution >= 4 is 28.6 Å². The number of amides is 1. The van der Waals surface area contributed by atoms with Crippen LogP contribution in [0.2, 0.25) is 0 Å². The number of rotatable bonds is 4. The molecule has 3 aromatic rings. The van der Waals surface area contributed by atoms with Gasteiger partial charge in [0.15, 0.2) is 0 Å². The Hall–Kier alpha value is -2.05. The average Bonchev–Trinajstić information content (AvgIpc) is 3.18. The molecule has 3 rings (SSSR count). The van der Waals surface area contributed by atoms with E-state index < -0.39 is 0 Å². The third kappa shape index (κ3) is 3.48. The van der Waals surface area contributed by atoms with Crippen molar-refractivity contribution in [3.63, 3.8) is 0 Å². The first-order valence-electron chi connectivity index (χ1n) is 7.21. The second-order valence-corrected chi connectivity index (χ2v) is 7.45. The number of aryl methyl sites for hydroxylation is 2. The van der Waals surface area contributed by atoms with E-state index in [2.05, 4.69) is 15.3 Å². The summed E-state index contributed by atoms with van der Waals surface area (Å²) in [4.78, 5) is 24.2. The Labute approximate surface area is 143 Å². The summed E-state index contributed by atoms with van der Waals surface area (Å²) in [6.45, 7) is 4.41. The highest BCUT2D eigenvalue weighted by Gasteiger charge is 2.16. The SMILES string of the molecule is Cc1ncc(CN(C)C(=O)c2ccc(-c3ccsc3)nc2C)s1. The quantitative estimate of drug-likeness (QED) is 0.715. The lowest BCUT2D eigenvalue weighted by atomic mass is 10.1. The number of thiazole rings is 1. The van der Waals surface area contributed by atoms with E-state index in [-0.39, 0.29) is 5.91 Å². The molecule has 0 fully saturated rings. The summed E-state index contributed by atoms with van der Waals surface area (Å²) >= 11 is 3.25. The van der Waals surface area contributed by atoms with Gasteiger partial charge in [0, 0.05) is 29.1 Å². The summed E-state index contributed by atoms with van der Waals surface area (Å²) in [5.41, 5.74) is 3.39. The van der Waals surface area contributed by atoms with Gasteiger partial charge in [-0.2, -0.15) is 11.3 Å². The number of aromatic nitrogens is 2. The number of carbonyl (C=O) groups is 1. The van der Waals surface area contributed by atoms with Crippen LogP contribution < -0.4 is 0 Å². The van der Waals surface area contributed by atoms with Crippen LogP contribution in [-0.4, -0.2) is 27.8 Å². The molecule has 0 aromatic carbocycles. The van der Waals surface area contributed by atoms with Crippen molar-refractivity contribution in [3.8, 4) is 11.3 Å². The number of pyridine rings is 1. The Morgan fingerprint density at radius 2 is 2.09 bits per heavy atom. The summed E-state index contributed by atoms with van der Waals surface area (Å²) in [5.74, 6) is -0.0158. The molecule has 0 atom stereocenters. The molecule has 0 radical (unpaired) electrons. The maximum absolute atomic E-state index is 12.6. The number of hydrogen-bond donors (Lipinski definition) is 0. The average molecular weight is 343 g/mol. The first-order valence-corrected chi connectivity index (χ1v) is 8.97. The molecule has 0 aliphatic rings. The molecule has 0 aliphatic carbocycles. The lowest BCUT2D eigenvalue weighted by molar-refractivity contribution is 0.0785. The molecule has 0 unspecified atom stereocenters. The second kappa shape index (κ2) is 6.60. The van der Waals surface area contributed by atoms with Crippen molar-refractivity contribution in [2.75, 3.05) is 7.05 Å². The monoisotopic (exact) mass is 343 g/mol. The zero-order valence-electron chi connectivity index (χ0n) is 13.2. The van der Waals surface area contributed by atoms with Crippen LogP contribution in [-0.2, 0) is 6.54 Å². The van der Waals surface area contributed by atoms with E-state index in [1.54, 1.807) is 27.6 Å². The van der Waals surface area contributed by atoms with E-state index >= 15 is 0 Å². The van der Waals surface area contributed by atoms with Gasteiger partial charge in [0.05, 0.1) is 28.5 Å². The maximum atomic E-state index is 12.6. The van der Waals surface area contributed by atoms with Gasteiger partial charge in [-0.3, -0.25) is 9.78 Å². The smallest absolute Gasteiger partial charge is 0.255 e. The minimum Gasteiger partial charge on any atom is -0.336 e. The van der Waals surface area contributed by atoms with Crippen molar-refractivity contribution in [1.82, 2.24) is 14.9 Å². The molecule has 0 aliphatic heterocycles. The zero-order chi connectivity index (χ0) is 16.4. The van der Waals surface area contributed by atoms with Gasteiger partial charge in [0.1, 0.15) is 0 Å².